The summed E-state index contributed by atoms with van der Waals surface area (Å²) in [6.07, 6.45) is 1.56. The van der Waals surface area contributed by atoms with Gasteiger partial charge in [0.05, 0.1) is 6.10 Å². The molecule has 1 aliphatic rings. The molecule has 2 N–H and O–H groups in total. The Morgan fingerprint density at radius 3 is 2.80 bits per heavy atom. The van der Waals surface area contributed by atoms with Crippen LogP contribution in [0.1, 0.15) is 36.0 Å². The van der Waals surface area contributed by atoms with E-state index in [-0.39, 0.29) is 5.82 Å². The number of aliphatic hydroxyl groups is 1. The first kappa shape index (κ1) is 10.6. The first-order valence-electron chi connectivity index (χ1n) is 5.34. The molecule has 0 bridgehead atoms. The molecule has 0 aliphatic heterocycles. The molecule has 15 heavy (non-hydrogen) atoms. The molecule has 82 valence electrons. The predicted octanol–water partition coefficient (Wildman–Crippen LogP) is 1.96. The fourth-order valence-corrected chi connectivity index (χ4v) is 1.79. The van der Waals surface area contributed by atoms with Crippen LogP contribution < -0.4 is 5.32 Å². The van der Waals surface area contributed by atoms with E-state index in [0.717, 1.165) is 18.4 Å². The first-order chi connectivity index (χ1) is 7.22. The Hall–Kier alpha value is -0.930. The molecule has 1 fully saturated rings. The lowest BCUT2D eigenvalue weighted by Crippen LogP contribution is -2.16. The Labute approximate surface area is 89.1 Å². The zero-order valence-electron chi connectivity index (χ0n) is 8.83. The number of hydrogen-bond acceptors (Lipinski definition) is 2. The maximum absolute atomic E-state index is 13.6. The third kappa shape index (κ3) is 2.36. The summed E-state index contributed by atoms with van der Waals surface area (Å²) in [6.45, 7) is 0.447. The number of benzene rings is 1. The predicted molar refractivity (Wildman–Crippen MR) is 57.3 cm³/mol. The second-order valence-electron chi connectivity index (χ2n) is 4.13. The zero-order chi connectivity index (χ0) is 10.8. The molecular formula is C12H16FNO. The second kappa shape index (κ2) is 4.29. The summed E-state index contributed by atoms with van der Waals surface area (Å²) in [7, 11) is 1.76. The molecule has 0 aromatic heterocycles. The minimum atomic E-state index is -0.627. The number of rotatable bonds is 4. The van der Waals surface area contributed by atoms with Crippen molar-refractivity contribution in [2.24, 2.45) is 0 Å². The van der Waals surface area contributed by atoms with Gasteiger partial charge >= 0.3 is 0 Å². The Balaban J connectivity index is 2.16. The molecule has 0 spiro atoms. The Morgan fingerprint density at radius 2 is 2.27 bits per heavy atom. The quantitative estimate of drug-likeness (QED) is 0.794. The average Bonchev–Trinajstić information content (AvgIpc) is 3.01. The molecule has 0 saturated heterocycles. The van der Waals surface area contributed by atoms with E-state index >= 15 is 0 Å². The van der Waals surface area contributed by atoms with Crippen molar-refractivity contribution in [3.8, 4) is 0 Å². The number of halogens is 1. The van der Waals surface area contributed by atoms with Crippen LogP contribution in [0.3, 0.4) is 0 Å². The fraction of sp³-hybridized carbons (Fsp3) is 0.500. The van der Waals surface area contributed by atoms with Crippen molar-refractivity contribution in [2.75, 3.05) is 13.6 Å². The van der Waals surface area contributed by atoms with Gasteiger partial charge in [-0.2, -0.15) is 0 Å². The van der Waals surface area contributed by atoms with Gasteiger partial charge in [-0.15, -0.1) is 0 Å². The lowest BCUT2D eigenvalue weighted by molar-refractivity contribution is 0.177. The molecule has 1 aromatic carbocycles. The number of aliphatic hydroxyl groups excluding tert-OH is 1. The van der Waals surface area contributed by atoms with Gasteiger partial charge < -0.3 is 10.4 Å². The van der Waals surface area contributed by atoms with Crippen molar-refractivity contribution < 1.29 is 9.50 Å². The van der Waals surface area contributed by atoms with E-state index in [4.69, 9.17) is 0 Å². The van der Waals surface area contributed by atoms with Crippen LogP contribution in [-0.2, 0) is 0 Å². The molecule has 1 atom stereocenters. The highest BCUT2D eigenvalue weighted by Crippen LogP contribution is 2.41. The van der Waals surface area contributed by atoms with E-state index in [1.165, 1.54) is 6.07 Å². The summed E-state index contributed by atoms with van der Waals surface area (Å²) >= 11 is 0. The highest BCUT2D eigenvalue weighted by atomic mass is 19.1. The van der Waals surface area contributed by atoms with Crippen molar-refractivity contribution in [2.45, 2.75) is 24.9 Å². The van der Waals surface area contributed by atoms with Gasteiger partial charge in [0.25, 0.3) is 0 Å². The highest BCUT2D eigenvalue weighted by Gasteiger charge is 2.26. The highest BCUT2D eigenvalue weighted by molar-refractivity contribution is 5.30. The van der Waals surface area contributed by atoms with Crippen molar-refractivity contribution >= 4 is 0 Å². The van der Waals surface area contributed by atoms with Gasteiger partial charge in [0.2, 0.25) is 0 Å². The second-order valence-corrected chi connectivity index (χ2v) is 4.13. The SMILES string of the molecule is CNCC(O)c1ccc(C2CC2)c(F)c1. The summed E-state index contributed by atoms with van der Waals surface area (Å²) in [6, 6.07) is 5.08. The van der Waals surface area contributed by atoms with Crippen molar-refractivity contribution in [1.29, 1.82) is 0 Å². The van der Waals surface area contributed by atoms with Crippen LogP contribution in [0.25, 0.3) is 0 Å². The molecule has 0 amide bonds. The van der Waals surface area contributed by atoms with E-state index in [2.05, 4.69) is 5.32 Å². The third-order valence-electron chi connectivity index (χ3n) is 2.82. The van der Waals surface area contributed by atoms with Gasteiger partial charge in [0.15, 0.2) is 0 Å². The van der Waals surface area contributed by atoms with Crippen molar-refractivity contribution in [3.63, 3.8) is 0 Å². The van der Waals surface area contributed by atoms with Crippen LogP contribution in [0.4, 0.5) is 4.39 Å². The topological polar surface area (TPSA) is 32.3 Å². The smallest absolute Gasteiger partial charge is 0.127 e. The largest absolute Gasteiger partial charge is 0.387 e. The van der Waals surface area contributed by atoms with Gasteiger partial charge in [-0.25, -0.2) is 4.39 Å². The normalized spacial score (nSPS) is 17.8. The third-order valence-corrected chi connectivity index (χ3v) is 2.82. The molecule has 3 heteroatoms. The monoisotopic (exact) mass is 209 g/mol. The minimum Gasteiger partial charge on any atom is -0.387 e. The van der Waals surface area contributed by atoms with Crippen molar-refractivity contribution in [1.82, 2.24) is 5.32 Å². The molecule has 1 aromatic rings. The Kier molecular flexibility index (Phi) is 3.03. The molecule has 2 nitrogen and oxygen atoms in total. The summed E-state index contributed by atoms with van der Waals surface area (Å²) in [5.41, 5.74) is 1.45. The summed E-state index contributed by atoms with van der Waals surface area (Å²) < 4.78 is 13.6. The summed E-state index contributed by atoms with van der Waals surface area (Å²) in [5, 5.41) is 12.5. The lowest BCUT2D eigenvalue weighted by atomic mass is 10.0. The first-order valence-corrected chi connectivity index (χ1v) is 5.34. The molecule has 1 unspecified atom stereocenters. The standard InChI is InChI=1S/C12H16FNO/c1-14-7-12(15)9-4-5-10(8-2-3-8)11(13)6-9/h4-6,8,12,14-15H,2-3,7H2,1H3. The molecule has 2 rings (SSSR count). The van der Waals surface area contributed by atoms with Crippen LogP contribution in [0.2, 0.25) is 0 Å². The van der Waals surface area contributed by atoms with Crippen LogP contribution >= 0.6 is 0 Å². The minimum absolute atomic E-state index is 0.176. The van der Waals surface area contributed by atoms with Crippen molar-refractivity contribution in [3.05, 3.63) is 35.1 Å². The molecular weight excluding hydrogens is 193 g/mol. The van der Waals surface area contributed by atoms with E-state index < -0.39 is 6.10 Å². The maximum Gasteiger partial charge on any atom is 0.127 e. The molecule has 1 aliphatic carbocycles. The van der Waals surface area contributed by atoms with Gasteiger partial charge in [-0.05, 0) is 43.0 Å². The maximum atomic E-state index is 13.6. The van der Waals surface area contributed by atoms with Gasteiger partial charge in [0, 0.05) is 6.54 Å². The molecule has 0 radical (unpaired) electrons. The lowest BCUT2D eigenvalue weighted by Gasteiger charge is -2.11. The Bertz CT molecular complexity index is 349. The van der Waals surface area contributed by atoms with E-state index in [0.29, 0.717) is 18.0 Å². The Morgan fingerprint density at radius 1 is 1.53 bits per heavy atom. The van der Waals surface area contributed by atoms with Crippen LogP contribution in [0.5, 0.6) is 0 Å². The van der Waals surface area contributed by atoms with Gasteiger partial charge in [-0.3, -0.25) is 0 Å². The van der Waals surface area contributed by atoms with Crippen LogP contribution in [-0.4, -0.2) is 18.7 Å². The van der Waals surface area contributed by atoms with Gasteiger partial charge in [0.1, 0.15) is 5.82 Å². The van der Waals surface area contributed by atoms with E-state index in [1.54, 1.807) is 13.1 Å². The molecule has 0 heterocycles. The van der Waals surface area contributed by atoms with E-state index in [9.17, 15) is 9.50 Å². The number of hydrogen-bond donors (Lipinski definition) is 2. The number of nitrogens with one attached hydrogen (secondary N) is 1. The molecule has 1 saturated carbocycles. The number of likely N-dealkylation sites (N-methyl/N-ethyl adjacent to an activating group) is 1. The van der Waals surface area contributed by atoms with Crippen LogP contribution in [0.15, 0.2) is 18.2 Å². The van der Waals surface area contributed by atoms with Gasteiger partial charge in [-0.1, -0.05) is 12.1 Å². The van der Waals surface area contributed by atoms with Crippen LogP contribution in [0, 0.1) is 5.82 Å². The average molecular weight is 209 g/mol. The summed E-state index contributed by atoms with van der Waals surface area (Å²) in [4.78, 5) is 0. The van der Waals surface area contributed by atoms with E-state index in [1.807, 2.05) is 6.07 Å². The zero-order valence-corrected chi connectivity index (χ0v) is 8.83. The summed E-state index contributed by atoms with van der Waals surface area (Å²) in [5.74, 6) is 0.241. The fourth-order valence-electron chi connectivity index (χ4n) is 1.79.